The number of nitrogens with zero attached hydrogens (tertiary/aromatic N) is 2. The number of sulfone groups is 1. The molecular formula is C13H21N3O5S. The van der Waals surface area contributed by atoms with E-state index in [1.165, 1.54) is 5.01 Å². The Labute approximate surface area is 129 Å². The lowest BCUT2D eigenvalue weighted by Crippen LogP contribution is -2.44. The highest BCUT2D eigenvalue weighted by Crippen LogP contribution is 2.22. The molecule has 2 rings (SSSR count). The van der Waals surface area contributed by atoms with Gasteiger partial charge in [0.2, 0.25) is 5.91 Å². The number of hydrogen-bond acceptors (Lipinski definition) is 6. The summed E-state index contributed by atoms with van der Waals surface area (Å²) in [7, 11) is -1.51. The van der Waals surface area contributed by atoms with Crippen molar-refractivity contribution in [2.24, 2.45) is 5.10 Å². The van der Waals surface area contributed by atoms with E-state index >= 15 is 0 Å². The molecule has 0 saturated carbocycles. The van der Waals surface area contributed by atoms with Gasteiger partial charge in [0.25, 0.3) is 5.91 Å². The number of carbonyl (C=O) groups excluding carboxylic acids is 2. The molecule has 1 N–H and O–H groups in total. The summed E-state index contributed by atoms with van der Waals surface area (Å²) in [6.07, 6.45) is 1.53. The first-order chi connectivity index (χ1) is 10.4. The number of ether oxygens (including phenoxy) is 1. The van der Waals surface area contributed by atoms with Crippen LogP contribution >= 0.6 is 0 Å². The molecule has 124 valence electrons. The molecule has 0 bridgehead atoms. The molecule has 0 unspecified atom stereocenters. The van der Waals surface area contributed by atoms with Crippen molar-refractivity contribution in [1.29, 1.82) is 0 Å². The maximum Gasteiger partial charge on any atom is 0.267 e. The smallest absolute Gasteiger partial charge is 0.267 e. The fraction of sp³-hybridized carbons (Fsp3) is 0.769. The van der Waals surface area contributed by atoms with Gasteiger partial charge in [-0.05, 0) is 12.8 Å². The maximum absolute atomic E-state index is 12.0. The van der Waals surface area contributed by atoms with Crippen molar-refractivity contribution in [1.82, 2.24) is 10.3 Å². The number of methoxy groups -OCH3 is 1. The third-order valence-corrected chi connectivity index (χ3v) is 5.44. The van der Waals surface area contributed by atoms with Gasteiger partial charge in [-0.2, -0.15) is 5.10 Å². The summed E-state index contributed by atoms with van der Waals surface area (Å²) < 4.78 is 28.0. The number of amides is 2. The molecule has 0 radical (unpaired) electrons. The Morgan fingerprint density at radius 3 is 2.86 bits per heavy atom. The summed E-state index contributed by atoms with van der Waals surface area (Å²) >= 11 is 0. The average molecular weight is 331 g/mol. The van der Waals surface area contributed by atoms with Crippen molar-refractivity contribution in [2.45, 2.75) is 31.7 Å². The summed E-state index contributed by atoms with van der Waals surface area (Å²) in [5.41, 5.74) is 0.279. The van der Waals surface area contributed by atoms with E-state index in [1.807, 2.05) is 0 Å². The van der Waals surface area contributed by atoms with E-state index in [0.29, 0.717) is 26.0 Å². The van der Waals surface area contributed by atoms with Crippen molar-refractivity contribution < 1.29 is 22.7 Å². The van der Waals surface area contributed by atoms with Gasteiger partial charge in [0.15, 0.2) is 9.84 Å². The van der Waals surface area contributed by atoms with Gasteiger partial charge in [-0.1, -0.05) is 0 Å². The van der Waals surface area contributed by atoms with Crippen LogP contribution in [0.25, 0.3) is 0 Å². The predicted molar refractivity (Wildman–Crippen MR) is 80.1 cm³/mol. The van der Waals surface area contributed by atoms with Crippen LogP contribution in [0.2, 0.25) is 0 Å². The first kappa shape index (κ1) is 16.9. The largest absolute Gasteiger partial charge is 0.385 e. The molecular weight excluding hydrogens is 310 g/mol. The summed E-state index contributed by atoms with van der Waals surface area (Å²) in [5.74, 6) is -0.548. The zero-order valence-corrected chi connectivity index (χ0v) is 13.4. The van der Waals surface area contributed by atoms with Gasteiger partial charge in [-0.15, -0.1) is 0 Å². The maximum atomic E-state index is 12.0. The third kappa shape index (κ3) is 4.26. The second kappa shape index (κ2) is 7.19. The highest BCUT2D eigenvalue weighted by Gasteiger charge is 2.37. The first-order valence-corrected chi connectivity index (χ1v) is 9.12. The van der Waals surface area contributed by atoms with Crippen molar-refractivity contribution in [3.05, 3.63) is 0 Å². The number of carbonyl (C=O) groups is 2. The molecule has 9 heteroatoms. The van der Waals surface area contributed by atoms with Crippen molar-refractivity contribution in [2.75, 3.05) is 31.8 Å². The van der Waals surface area contributed by atoms with Gasteiger partial charge in [-0.25, -0.2) is 13.4 Å². The minimum atomic E-state index is -3.10. The Balaban J connectivity index is 1.98. The van der Waals surface area contributed by atoms with E-state index in [4.69, 9.17) is 4.74 Å². The average Bonchev–Trinajstić information content (AvgIpc) is 2.84. The SMILES string of the molecule is COCCCNC(=O)C1=NN([C@H]2CCS(=O)(=O)C2)C(=O)CC1. The summed E-state index contributed by atoms with van der Waals surface area (Å²) in [5, 5.41) is 8.02. The standard InChI is InChI=1S/C13H21N3O5S/c1-21-7-2-6-14-13(18)11-3-4-12(17)16(15-11)10-5-8-22(19,20)9-10/h10H,2-9H2,1H3,(H,14,18)/t10-/m0/s1. The zero-order valence-electron chi connectivity index (χ0n) is 12.6. The van der Waals surface area contributed by atoms with E-state index in [9.17, 15) is 18.0 Å². The van der Waals surface area contributed by atoms with Gasteiger partial charge in [0.05, 0.1) is 17.5 Å². The number of hydrazone groups is 1. The van der Waals surface area contributed by atoms with Gasteiger partial charge < -0.3 is 10.1 Å². The molecule has 0 aromatic carbocycles. The minimum absolute atomic E-state index is 0.0650. The Kier molecular flexibility index (Phi) is 5.52. The van der Waals surface area contributed by atoms with Crippen LogP contribution < -0.4 is 5.32 Å². The highest BCUT2D eigenvalue weighted by atomic mass is 32.2. The highest BCUT2D eigenvalue weighted by molar-refractivity contribution is 7.91. The van der Waals surface area contributed by atoms with Crippen molar-refractivity contribution in [3.63, 3.8) is 0 Å². The quantitative estimate of drug-likeness (QED) is 0.648. The van der Waals surface area contributed by atoms with Crippen LogP contribution in [0, 0.1) is 0 Å². The fourth-order valence-corrected chi connectivity index (χ4v) is 4.20. The second-order valence-corrected chi connectivity index (χ2v) is 7.67. The fourth-order valence-electron chi connectivity index (χ4n) is 2.51. The van der Waals surface area contributed by atoms with Crippen LogP contribution in [0.5, 0.6) is 0 Å². The molecule has 0 aliphatic carbocycles. The van der Waals surface area contributed by atoms with E-state index in [1.54, 1.807) is 7.11 Å². The lowest BCUT2D eigenvalue weighted by atomic mass is 10.1. The molecule has 2 aliphatic heterocycles. The number of hydrogen-bond donors (Lipinski definition) is 1. The molecule has 1 saturated heterocycles. The Morgan fingerprint density at radius 2 is 2.23 bits per heavy atom. The molecule has 2 amide bonds. The number of rotatable bonds is 6. The Morgan fingerprint density at radius 1 is 1.45 bits per heavy atom. The van der Waals surface area contributed by atoms with Crippen molar-refractivity contribution >= 4 is 27.4 Å². The van der Waals surface area contributed by atoms with E-state index in [0.717, 1.165) is 0 Å². The second-order valence-electron chi connectivity index (χ2n) is 5.44. The lowest BCUT2D eigenvalue weighted by Gasteiger charge is -2.27. The van der Waals surface area contributed by atoms with Gasteiger partial charge in [0, 0.05) is 33.1 Å². The van der Waals surface area contributed by atoms with Gasteiger partial charge in [0.1, 0.15) is 5.71 Å². The predicted octanol–water partition coefficient (Wildman–Crippen LogP) is -0.695. The molecule has 2 aliphatic rings. The minimum Gasteiger partial charge on any atom is -0.385 e. The van der Waals surface area contributed by atoms with Crippen LogP contribution in [-0.2, 0) is 24.2 Å². The van der Waals surface area contributed by atoms with Gasteiger partial charge >= 0.3 is 0 Å². The van der Waals surface area contributed by atoms with Crippen LogP contribution in [-0.4, -0.2) is 68.8 Å². The van der Waals surface area contributed by atoms with Crippen LogP contribution in [0.3, 0.4) is 0 Å². The normalized spacial score (nSPS) is 24.2. The van der Waals surface area contributed by atoms with Crippen LogP contribution in [0.4, 0.5) is 0 Å². The lowest BCUT2D eigenvalue weighted by molar-refractivity contribution is -0.133. The van der Waals surface area contributed by atoms with Gasteiger partial charge in [-0.3, -0.25) is 9.59 Å². The van der Waals surface area contributed by atoms with E-state index < -0.39 is 15.9 Å². The molecule has 22 heavy (non-hydrogen) atoms. The van der Waals surface area contributed by atoms with Crippen LogP contribution in [0.15, 0.2) is 5.10 Å². The molecule has 1 fully saturated rings. The molecule has 0 spiro atoms. The Hall–Kier alpha value is -1.48. The third-order valence-electron chi connectivity index (χ3n) is 3.69. The monoisotopic (exact) mass is 331 g/mol. The number of nitrogens with one attached hydrogen (secondary N) is 1. The molecule has 2 heterocycles. The summed E-state index contributed by atoms with van der Waals surface area (Å²) in [6.45, 7) is 1.02. The Bertz CT molecular complexity index is 572. The molecule has 0 aromatic rings. The van der Waals surface area contributed by atoms with E-state index in [2.05, 4.69) is 10.4 Å². The summed E-state index contributed by atoms with van der Waals surface area (Å²) in [4.78, 5) is 24.0. The van der Waals surface area contributed by atoms with E-state index in [-0.39, 0.29) is 41.9 Å². The summed E-state index contributed by atoms with van der Waals surface area (Å²) in [6, 6.07) is -0.450. The topological polar surface area (TPSA) is 105 Å². The molecule has 8 nitrogen and oxygen atoms in total. The van der Waals surface area contributed by atoms with Crippen molar-refractivity contribution in [3.8, 4) is 0 Å². The van der Waals surface area contributed by atoms with Crippen LogP contribution in [0.1, 0.15) is 25.7 Å². The zero-order chi connectivity index (χ0) is 16.2. The first-order valence-electron chi connectivity index (χ1n) is 7.30. The molecule has 0 aromatic heterocycles. The molecule has 1 atom stereocenters.